The maximum Gasteiger partial charge on any atom is 0.317 e. The monoisotopic (exact) mass is 255 g/mol. The molecule has 0 spiro atoms. The Bertz CT molecular complexity index is 407. The molecule has 17 heavy (non-hydrogen) atoms. The highest BCUT2D eigenvalue weighted by atomic mass is 32.2. The van der Waals surface area contributed by atoms with E-state index in [0.29, 0.717) is 11.4 Å². The summed E-state index contributed by atoms with van der Waals surface area (Å²) in [4.78, 5) is 11.9. The summed E-state index contributed by atoms with van der Waals surface area (Å²) in [7, 11) is 1.55. The summed E-state index contributed by atoms with van der Waals surface area (Å²) in [6, 6.07) is 5.23. The molecule has 0 heterocycles. The van der Waals surface area contributed by atoms with Crippen LogP contribution in [0.3, 0.4) is 0 Å². The van der Waals surface area contributed by atoms with Crippen molar-refractivity contribution in [2.24, 2.45) is 5.92 Å². The molecule has 0 amide bonds. The molecule has 1 unspecified atom stereocenters. The van der Waals surface area contributed by atoms with Gasteiger partial charge in [-0.1, -0.05) is 13.8 Å². The molecular formula is C12H17NO3S. The van der Waals surface area contributed by atoms with Crippen molar-refractivity contribution in [3.63, 3.8) is 0 Å². The summed E-state index contributed by atoms with van der Waals surface area (Å²) in [5.74, 6) is -0.162. The second-order valence-corrected chi connectivity index (χ2v) is 5.21. The minimum absolute atomic E-state index is 0.0414. The lowest BCUT2D eigenvalue weighted by molar-refractivity contribution is -0.137. The summed E-state index contributed by atoms with van der Waals surface area (Å²) in [5.41, 5.74) is 6.25. The fraction of sp³-hybridized carbons (Fsp3) is 0.417. The molecule has 4 nitrogen and oxygen atoms in total. The van der Waals surface area contributed by atoms with E-state index in [1.165, 1.54) is 11.8 Å². The fourth-order valence-electron chi connectivity index (χ4n) is 1.39. The molecule has 1 aromatic carbocycles. The van der Waals surface area contributed by atoms with Crippen LogP contribution in [0, 0.1) is 5.92 Å². The van der Waals surface area contributed by atoms with Crippen molar-refractivity contribution in [2.75, 3.05) is 12.8 Å². The molecule has 0 saturated carbocycles. The quantitative estimate of drug-likeness (QED) is 0.624. The number of anilines is 1. The van der Waals surface area contributed by atoms with Crippen LogP contribution in [0.2, 0.25) is 0 Å². The number of ether oxygens (including phenoxy) is 1. The average molecular weight is 255 g/mol. The molecule has 1 atom stereocenters. The van der Waals surface area contributed by atoms with E-state index in [9.17, 15) is 4.79 Å². The van der Waals surface area contributed by atoms with Crippen LogP contribution in [-0.4, -0.2) is 23.4 Å². The number of hydrogen-bond donors (Lipinski definition) is 2. The van der Waals surface area contributed by atoms with E-state index in [4.69, 9.17) is 15.6 Å². The summed E-state index contributed by atoms with van der Waals surface area (Å²) < 4.78 is 5.19. The third-order valence-corrected chi connectivity index (χ3v) is 3.88. The standard InChI is InChI=1S/C12H17NO3S/c1-7(2)11(12(14)15)17-10-5-4-8(13)6-9(10)16-3/h4-7,11H,13H2,1-3H3,(H,14,15). The summed E-state index contributed by atoms with van der Waals surface area (Å²) >= 11 is 1.28. The van der Waals surface area contributed by atoms with Gasteiger partial charge in [-0.25, -0.2) is 0 Å². The molecule has 5 heteroatoms. The van der Waals surface area contributed by atoms with Gasteiger partial charge in [-0.15, -0.1) is 11.8 Å². The van der Waals surface area contributed by atoms with Crippen LogP contribution in [0.25, 0.3) is 0 Å². The second kappa shape index (κ2) is 5.82. The highest BCUT2D eigenvalue weighted by Gasteiger charge is 2.24. The van der Waals surface area contributed by atoms with Crippen molar-refractivity contribution in [2.45, 2.75) is 24.0 Å². The number of carboxylic acids is 1. The van der Waals surface area contributed by atoms with Gasteiger partial charge < -0.3 is 15.6 Å². The van der Waals surface area contributed by atoms with Crippen LogP contribution < -0.4 is 10.5 Å². The van der Waals surface area contributed by atoms with E-state index >= 15 is 0 Å². The Balaban J connectivity index is 2.96. The third-order valence-electron chi connectivity index (χ3n) is 2.29. The second-order valence-electron chi connectivity index (χ2n) is 4.03. The normalized spacial score (nSPS) is 12.5. The maximum atomic E-state index is 11.1. The van der Waals surface area contributed by atoms with Crippen molar-refractivity contribution >= 4 is 23.4 Å². The Morgan fingerprint density at radius 3 is 2.59 bits per heavy atom. The van der Waals surface area contributed by atoms with Crippen LogP contribution >= 0.6 is 11.8 Å². The van der Waals surface area contributed by atoms with Gasteiger partial charge in [0.25, 0.3) is 0 Å². The zero-order valence-corrected chi connectivity index (χ0v) is 11.0. The van der Waals surface area contributed by atoms with Crippen molar-refractivity contribution in [1.29, 1.82) is 0 Å². The molecule has 0 aliphatic rings. The average Bonchev–Trinajstić information content (AvgIpc) is 2.26. The SMILES string of the molecule is COc1cc(N)ccc1SC(C(=O)O)C(C)C. The zero-order valence-electron chi connectivity index (χ0n) is 10.1. The van der Waals surface area contributed by atoms with Crippen molar-refractivity contribution in [3.8, 4) is 5.75 Å². The predicted molar refractivity (Wildman–Crippen MR) is 69.5 cm³/mol. The Kier molecular flexibility index (Phi) is 4.69. The van der Waals surface area contributed by atoms with E-state index in [1.54, 1.807) is 25.3 Å². The number of nitrogens with two attached hydrogens (primary N) is 1. The topological polar surface area (TPSA) is 72.5 Å². The Morgan fingerprint density at radius 1 is 1.47 bits per heavy atom. The largest absolute Gasteiger partial charge is 0.496 e. The minimum Gasteiger partial charge on any atom is -0.496 e. The summed E-state index contributed by atoms with van der Waals surface area (Å²) in [5, 5.41) is 8.64. The number of carbonyl (C=O) groups is 1. The molecule has 0 fully saturated rings. The number of methoxy groups -OCH3 is 1. The van der Waals surface area contributed by atoms with Crippen LogP contribution in [-0.2, 0) is 4.79 Å². The van der Waals surface area contributed by atoms with Gasteiger partial charge in [-0.05, 0) is 18.1 Å². The summed E-state index contributed by atoms with van der Waals surface area (Å²) in [6.45, 7) is 3.77. The number of nitrogen functional groups attached to an aromatic ring is 1. The molecule has 1 aromatic rings. The van der Waals surface area contributed by atoms with E-state index < -0.39 is 11.2 Å². The molecule has 1 rings (SSSR count). The number of hydrogen-bond acceptors (Lipinski definition) is 4. The van der Waals surface area contributed by atoms with E-state index in [2.05, 4.69) is 0 Å². The number of rotatable bonds is 5. The van der Waals surface area contributed by atoms with Gasteiger partial charge in [0.1, 0.15) is 11.0 Å². The minimum atomic E-state index is -0.816. The lowest BCUT2D eigenvalue weighted by Gasteiger charge is -2.17. The Labute approximate surface area is 105 Å². The van der Waals surface area contributed by atoms with Gasteiger partial charge in [0.05, 0.1) is 12.0 Å². The van der Waals surface area contributed by atoms with Gasteiger partial charge in [-0.2, -0.15) is 0 Å². The number of benzene rings is 1. The first-order valence-electron chi connectivity index (χ1n) is 5.28. The van der Waals surface area contributed by atoms with E-state index in [0.717, 1.165) is 4.90 Å². The molecule has 0 saturated heterocycles. The fourth-order valence-corrected chi connectivity index (χ4v) is 2.44. The molecule has 94 valence electrons. The molecule has 0 aromatic heterocycles. The number of carboxylic acid groups (broad SMARTS) is 1. The van der Waals surface area contributed by atoms with Gasteiger partial charge in [0, 0.05) is 11.8 Å². The Morgan fingerprint density at radius 2 is 2.12 bits per heavy atom. The Hall–Kier alpha value is -1.36. The first-order valence-corrected chi connectivity index (χ1v) is 6.16. The first-order chi connectivity index (χ1) is 7.95. The maximum absolute atomic E-state index is 11.1. The third kappa shape index (κ3) is 3.56. The van der Waals surface area contributed by atoms with Crippen LogP contribution in [0.4, 0.5) is 5.69 Å². The smallest absolute Gasteiger partial charge is 0.317 e. The highest BCUT2D eigenvalue weighted by molar-refractivity contribution is 8.00. The van der Waals surface area contributed by atoms with E-state index in [1.807, 2.05) is 13.8 Å². The molecule has 0 aliphatic carbocycles. The highest BCUT2D eigenvalue weighted by Crippen LogP contribution is 2.36. The van der Waals surface area contributed by atoms with Gasteiger partial charge in [-0.3, -0.25) is 4.79 Å². The van der Waals surface area contributed by atoms with Crippen molar-refractivity contribution in [1.82, 2.24) is 0 Å². The molecule has 3 N–H and O–H groups in total. The molecule has 0 bridgehead atoms. The van der Waals surface area contributed by atoms with Crippen LogP contribution in [0.1, 0.15) is 13.8 Å². The number of aliphatic carboxylic acids is 1. The predicted octanol–water partition coefficient (Wildman–Crippen LogP) is 2.48. The van der Waals surface area contributed by atoms with Gasteiger partial charge >= 0.3 is 5.97 Å². The zero-order chi connectivity index (χ0) is 13.0. The van der Waals surface area contributed by atoms with Crippen molar-refractivity contribution < 1.29 is 14.6 Å². The lowest BCUT2D eigenvalue weighted by Crippen LogP contribution is -2.22. The van der Waals surface area contributed by atoms with Crippen LogP contribution in [0.15, 0.2) is 23.1 Å². The lowest BCUT2D eigenvalue weighted by atomic mass is 10.1. The molecule has 0 radical (unpaired) electrons. The molecular weight excluding hydrogens is 238 g/mol. The van der Waals surface area contributed by atoms with Crippen molar-refractivity contribution in [3.05, 3.63) is 18.2 Å². The molecule has 0 aliphatic heterocycles. The first kappa shape index (κ1) is 13.7. The number of thioether (sulfide) groups is 1. The summed E-state index contributed by atoms with van der Waals surface area (Å²) in [6.07, 6.45) is 0. The van der Waals surface area contributed by atoms with Gasteiger partial charge in [0.15, 0.2) is 0 Å². The van der Waals surface area contributed by atoms with Crippen LogP contribution in [0.5, 0.6) is 5.75 Å². The van der Waals surface area contributed by atoms with Gasteiger partial charge in [0.2, 0.25) is 0 Å². The van der Waals surface area contributed by atoms with E-state index in [-0.39, 0.29) is 5.92 Å².